The molecule has 1 atom stereocenters. The number of carbonyl (C=O) groups excluding carboxylic acids is 1. The summed E-state index contributed by atoms with van der Waals surface area (Å²) in [5.41, 5.74) is 3.46. The zero-order chi connectivity index (χ0) is 16.1. The highest BCUT2D eigenvalue weighted by Gasteiger charge is 2.18. The van der Waals surface area contributed by atoms with Gasteiger partial charge in [0.25, 0.3) is 0 Å². The lowest BCUT2D eigenvalue weighted by Gasteiger charge is -2.18. The molecule has 0 aliphatic rings. The number of H-pyrrole nitrogens is 1. The van der Waals surface area contributed by atoms with Gasteiger partial charge in [-0.2, -0.15) is 0 Å². The van der Waals surface area contributed by atoms with Crippen LogP contribution in [0.15, 0.2) is 60.8 Å². The van der Waals surface area contributed by atoms with Gasteiger partial charge in [-0.15, -0.1) is 0 Å². The third kappa shape index (κ3) is 3.43. The van der Waals surface area contributed by atoms with E-state index in [1.54, 1.807) is 0 Å². The molecular formula is C19H20N2O2. The van der Waals surface area contributed by atoms with Gasteiger partial charge in [-0.05, 0) is 17.2 Å². The number of para-hydroxylation sites is 1. The fraction of sp³-hybridized carbons (Fsp3) is 0.211. The Bertz CT molecular complexity index is 780. The quantitative estimate of drug-likeness (QED) is 0.735. The van der Waals surface area contributed by atoms with Crippen LogP contribution in [0.2, 0.25) is 0 Å². The van der Waals surface area contributed by atoms with Crippen LogP contribution in [0.5, 0.6) is 0 Å². The molecular weight excluding hydrogens is 288 g/mol. The van der Waals surface area contributed by atoms with E-state index in [1.165, 1.54) is 23.6 Å². The first-order chi connectivity index (χ1) is 11.3. The fourth-order valence-electron chi connectivity index (χ4n) is 2.87. The van der Waals surface area contributed by atoms with E-state index in [1.807, 2.05) is 36.5 Å². The summed E-state index contributed by atoms with van der Waals surface area (Å²) < 4.78 is 4.88. The van der Waals surface area contributed by atoms with Crippen molar-refractivity contribution in [1.29, 1.82) is 0 Å². The molecule has 4 heteroatoms. The molecule has 1 aromatic heterocycles. The number of hydrogen-bond donors (Lipinski definition) is 2. The van der Waals surface area contributed by atoms with Crippen LogP contribution >= 0.6 is 0 Å². The minimum atomic E-state index is -0.103. The molecule has 0 saturated heterocycles. The minimum absolute atomic E-state index is 0.0788. The van der Waals surface area contributed by atoms with Crippen molar-refractivity contribution in [3.8, 4) is 0 Å². The van der Waals surface area contributed by atoms with Crippen LogP contribution in [0, 0.1) is 0 Å². The maximum Gasteiger partial charge on any atom is 0.246 e. The molecule has 2 aromatic carbocycles. The number of benzene rings is 2. The third-order valence-electron chi connectivity index (χ3n) is 3.98. The van der Waals surface area contributed by atoms with Crippen molar-refractivity contribution in [2.24, 2.45) is 0 Å². The first-order valence-electron chi connectivity index (χ1n) is 7.66. The van der Waals surface area contributed by atoms with Crippen LogP contribution in [0.1, 0.15) is 17.0 Å². The lowest BCUT2D eigenvalue weighted by Crippen LogP contribution is -2.31. The van der Waals surface area contributed by atoms with Crippen LogP contribution in [0.25, 0.3) is 10.9 Å². The third-order valence-corrected chi connectivity index (χ3v) is 3.98. The molecule has 1 amide bonds. The topological polar surface area (TPSA) is 54.1 Å². The van der Waals surface area contributed by atoms with Gasteiger partial charge in [-0.3, -0.25) is 4.79 Å². The SMILES string of the molecule is COCC(=O)NC[C@@H](c1ccccc1)c1c[nH]c2ccccc12. The number of aromatic amines is 1. The first-order valence-corrected chi connectivity index (χ1v) is 7.66. The zero-order valence-electron chi connectivity index (χ0n) is 13.1. The molecule has 2 N–H and O–H groups in total. The molecule has 118 valence electrons. The molecule has 0 aliphatic carbocycles. The Labute approximate surface area is 135 Å². The van der Waals surface area contributed by atoms with Gasteiger partial charge >= 0.3 is 0 Å². The van der Waals surface area contributed by atoms with Gasteiger partial charge in [0.1, 0.15) is 6.61 Å². The second-order valence-electron chi connectivity index (χ2n) is 5.49. The summed E-state index contributed by atoms with van der Waals surface area (Å²) in [6.07, 6.45) is 2.03. The summed E-state index contributed by atoms with van der Waals surface area (Å²) in [6, 6.07) is 18.4. The summed E-state index contributed by atoms with van der Waals surface area (Å²) in [5.74, 6) is -0.0126. The molecule has 0 bridgehead atoms. The molecule has 0 fully saturated rings. The number of fused-ring (bicyclic) bond motifs is 1. The average Bonchev–Trinajstić information content (AvgIpc) is 3.00. The number of nitrogens with one attached hydrogen (secondary N) is 2. The Kier molecular flexibility index (Phi) is 4.74. The van der Waals surface area contributed by atoms with Gasteiger partial charge in [0.15, 0.2) is 0 Å². The number of aromatic nitrogens is 1. The van der Waals surface area contributed by atoms with E-state index in [-0.39, 0.29) is 18.4 Å². The van der Waals surface area contributed by atoms with E-state index >= 15 is 0 Å². The van der Waals surface area contributed by atoms with Gasteiger partial charge < -0.3 is 15.0 Å². The number of methoxy groups -OCH3 is 1. The fourth-order valence-corrected chi connectivity index (χ4v) is 2.87. The average molecular weight is 308 g/mol. The van der Waals surface area contributed by atoms with Crippen molar-refractivity contribution < 1.29 is 9.53 Å². The van der Waals surface area contributed by atoms with Crippen LogP contribution in [-0.4, -0.2) is 31.2 Å². The molecule has 0 saturated carbocycles. The van der Waals surface area contributed by atoms with E-state index < -0.39 is 0 Å². The molecule has 0 aliphatic heterocycles. The zero-order valence-corrected chi connectivity index (χ0v) is 13.1. The van der Waals surface area contributed by atoms with Gasteiger partial charge in [-0.1, -0.05) is 48.5 Å². The second-order valence-corrected chi connectivity index (χ2v) is 5.49. The molecule has 23 heavy (non-hydrogen) atoms. The van der Waals surface area contributed by atoms with Crippen LogP contribution < -0.4 is 5.32 Å². The summed E-state index contributed by atoms with van der Waals surface area (Å²) >= 11 is 0. The summed E-state index contributed by atoms with van der Waals surface area (Å²) in [7, 11) is 1.52. The number of amides is 1. The summed E-state index contributed by atoms with van der Waals surface area (Å²) in [5, 5.41) is 4.14. The standard InChI is InChI=1S/C19H20N2O2/c1-23-13-19(22)21-11-16(14-7-3-2-4-8-14)17-12-20-18-10-6-5-9-15(17)18/h2-10,12,16,20H,11,13H2,1H3,(H,21,22)/t16-/m0/s1. The van der Waals surface area contributed by atoms with E-state index in [9.17, 15) is 4.79 Å². The number of ether oxygens (including phenoxy) is 1. The molecule has 1 heterocycles. The largest absolute Gasteiger partial charge is 0.375 e. The van der Waals surface area contributed by atoms with Crippen LogP contribution in [0.4, 0.5) is 0 Å². The van der Waals surface area contributed by atoms with Crippen molar-refractivity contribution in [1.82, 2.24) is 10.3 Å². The Morgan fingerprint density at radius 3 is 2.65 bits per heavy atom. The first kappa shape index (κ1) is 15.3. The van der Waals surface area contributed by atoms with Crippen molar-refractivity contribution in [2.45, 2.75) is 5.92 Å². The molecule has 0 spiro atoms. The molecule has 3 rings (SSSR count). The smallest absolute Gasteiger partial charge is 0.246 e. The molecule has 4 nitrogen and oxygen atoms in total. The minimum Gasteiger partial charge on any atom is -0.375 e. The normalized spacial score (nSPS) is 12.2. The predicted octanol–water partition coefficient (Wildman–Crippen LogP) is 3.06. The summed E-state index contributed by atoms with van der Waals surface area (Å²) in [4.78, 5) is 15.1. The van der Waals surface area contributed by atoms with E-state index in [0.717, 1.165) is 5.52 Å². The number of rotatable bonds is 6. The van der Waals surface area contributed by atoms with Gasteiger partial charge in [-0.25, -0.2) is 0 Å². The van der Waals surface area contributed by atoms with E-state index in [2.05, 4.69) is 34.6 Å². The molecule has 0 unspecified atom stereocenters. The van der Waals surface area contributed by atoms with Crippen LogP contribution in [-0.2, 0) is 9.53 Å². The van der Waals surface area contributed by atoms with Crippen molar-refractivity contribution in [3.05, 3.63) is 71.9 Å². The molecule has 0 radical (unpaired) electrons. The van der Waals surface area contributed by atoms with Crippen molar-refractivity contribution in [3.63, 3.8) is 0 Å². The van der Waals surface area contributed by atoms with E-state index in [0.29, 0.717) is 6.54 Å². The predicted molar refractivity (Wildman–Crippen MR) is 91.5 cm³/mol. The highest BCUT2D eigenvalue weighted by atomic mass is 16.5. The van der Waals surface area contributed by atoms with Gasteiger partial charge in [0.2, 0.25) is 5.91 Å². The van der Waals surface area contributed by atoms with Gasteiger partial charge in [0, 0.05) is 36.7 Å². The number of hydrogen-bond acceptors (Lipinski definition) is 2. The number of carbonyl (C=O) groups is 1. The maximum absolute atomic E-state index is 11.8. The summed E-state index contributed by atoms with van der Waals surface area (Å²) in [6.45, 7) is 0.615. The monoisotopic (exact) mass is 308 g/mol. The highest BCUT2D eigenvalue weighted by Crippen LogP contribution is 2.30. The lowest BCUT2D eigenvalue weighted by atomic mass is 9.91. The van der Waals surface area contributed by atoms with E-state index in [4.69, 9.17) is 4.74 Å². The maximum atomic E-state index is 11.8. The van der Waals surface area contributed by atoms with Crippen molar-refractivity contribution in [2.75, 3.05) is 20.3 Å². The Balaban J connectivity index is 1.93. The van der Waals surface area contributed by atoms with Gasteiger partial charge in [0.05, 0.1) is 0 Å². The van der Waals surface area contributed by atoms with Crippen LogP contribution in [0.3, 0.4) is 0 Å². The Hall–Kier alpha value is -2.59. The lowest BCUT2D eigenvalue weighted by molar-refractivity contribution is -0.124. The second kappa shape index (κ2) is 7.11. The van der Waals surface area contributed by atoms with Crippen molar-refractivity contribution >= 4 is 16.8 Å². The molecule has 3 aromatic rings. The Morgan fingerprint density at radius 1 is 1.13 bits per heavy atom. The highest BCUT2D eigenvalue weighted by molar-refractivity contribution is 5.84. The Morgan fingerprint density at radius 2 is 1.87 bits per heavy atom.